The lowest BCUT2D eigenvalue weighted by molar-refractivity contribution is -0.128. The van der Waals surface area contributed by atoms with Crippen molar-refractivity contribution in [3.63, 3.8) is 0 Å². The minimum atomic E-state index is -0.314. The third-order valence-corrected chi connectivity index (χ3v) is 4.78. The van der Waals surface area contributed by atoms with Crippen LogP contribution in [0.25, 0.3) is 0 Å². The predicted molar refractivity (Wildman–Crippen MR) is 100 cm³/mol. The topological polar surface area (TPSA) is 81.8 Å². The smallest absolute Gasteiger partial charge is 0.319 e. The Kier molecular flexibility index (Phi) is 5.75. The molecular formula is C19H26N4O3. The Balaban J connectivity index is 1.54. The summed E-state index contributed by atoms with van der Waals surface area (Å²) in [6, 6.07) is 6.88. The van der Waals surface area contributed by atoms with Crippen LogP contribution < -0.4 is 15.5 Å². The van der Waals surface area contributed by atoms with E-state index in [1.54, 1.807) is 15.9 Å². The molecule has 0 aromatic heterocycles. The minimum Gasteiger partial charge on any atom is -0.341 e. The van der Waals surface area contributed by atoms with Gasteiger partial charge in [0.2, 0.25) is 11.8 Å². The highest BCUT2D eigenvalue weighted by atomic mass is 16.2. The second kappa shape index (κ2) is 8.21. The maximum absolute atomic E-state index is 12.2. The van der Waals surface area contributed by atoms with Crippen molar-refractivity contribution in [2.24, 2.45) is 0 Å². The predicted octanol–water partition coefficient (Wildman–Crippen LogP) is 2.34. The van der Waals surface area contributed by atoms with Gasteiger partial charge in [-0.2, -0.15) is 0 Å². The van der Waals surface area contributed by atoms with Crippen molar-refractivity contribution in [3.05, 3.63) is 24.3 Å². The summed E-state index contributed by atoms with van der Waals surface area (Å²) in [5, 5.41) is 5.67. The third kappa shape index (κ3) is 4.53. The van der Waals surface area contributed by atoms with Crippen LogP contribution in [0, 0.1) is 0 Å². The highest BCUT2D eigenvalue weighted by Crippen LogP contribution is 2.23. The number of nitrogens with one attached hydrogen (secondary N) is 2. The maximum atomic E-state index is 12.2. The van der Waals surface area contributed by atoms with Gasteiger partial charge in [0.1, 0.15) is 0 Å². The van der Waals surface area contributed by atoms with E-state index < -0.39 is 0 Å². The van der Waals surface area contributed by atoms with Gasteiger partial charge in [0.05, 0.1) is 0 Å². The van der Waals surface area contributed by atoms with E-state index in [-0.39, 0.29) is 23.9 Å². The Labute approximate surface area is 153 Å². The maximum Gasteiger partial charge on any atom is 0.319 e. The summed E-state index contributed by atoms with van der Waals surface area (Å²) < 4.78 is 0. The van der Waals surface area contributed by atoms with Crippen molar-refractivity contribution in [2.75, 3.05) is 29.9 Å². The SMILES string of the molecule is C[C@H](CN1CCCC1=O)NC(=O)Nc1cccc(N2CCCCC2=O)c1. The average Bonchev–Trinajstić information content (AvgIpc) is 3.00. The molecule has 2 aliphatic rings. The molecular weight excluding hydrogens is 332 g/mol. The van der Waals surface area contributed by atoms with Crippen LogP contribution in [-0.4, -0.2) is 48.4 Å². The molecule has 0 spiro atoms. The second-order valence-electron chi connectivity index (χ2n) is 7.00. The van der Waals surface area contributed by atoms with Gasteiger partial charge in [0.15, 0.2) is 0 Å². The van der Waals surface area contributed by atoms with Crippen LogP contribution >= 0.6 is 0 Å². The molecule has 0 radical (unpaired) electrons. The fourth-order valence-corrected chi connectivity index (χ4v) is 3.49. The lowest BCUT2D eigenvalue weighted by atomic mass is 10.1. The largest absolute Gasteiger partial charge is 0.341 e. The van der Waals surface area contributed by atoms with E-state index in [0.29, 0.717) is 25.1 Å². The molecule has 7 heteroatoms. The lowest BCUT2D eigenvalue weighted by Crippen LogP contribution is -2.44. The van der Waals surface area contributed by atoms with E-state index >= 15 is 0 Å². The summed E-state index contributed by atoms with van der Waals surface area (Å²) in [7, 11) is 0. The number of benzene rings is 1. The first-order chi connectivity index (χ1) is 12.5. The molecule has 1 atom stereocenters. The van der Waals surface area contributed by atoms with E-state index in [1.807, 2.05) is 25.1 Å². The van der Waals surface area contributed by atoms with Crippen molar-refractivity contribution in [3.8, 4) is 0 Å². The number of urea groups is 1. The summed E-state index contributed by atoms with van der Waals surface area (Å²) >= 11 is 0. The summed E-state index contributed by atoms with van der Waals surface area (Å²) in [6.45, 7) is 3.89. The van der Waals surface area contributed by atoms with E-state index in [9.17, 15) is 14.4 Å². The van der Waals surface area contributed by atoms with Gasteiger partial charge in [-0.1, -0.05) is 6.07 Å². The molecule has 2 fully saturated rings. The standard InChI is InChI=1S/C19H26N4O3/c1-14(13-22-10-5-9-17(22)24)20-19(26)21-15-6-4-7-16(12-15)23-11-3-2-8-18(23)25/h4,6-7,12,14H,2-3,5,8-11,13H2,1H3,(H2,20,21,26)/t14-/m1/s1. The van der Waals surface area contributed by atoms with Crippen LogP contribution in [0.15, 0.2) is 24.3 Å². The molecule has 3 rings (SSSR count). The van der Waals surface area contributed by atoms with Crippen LogP contribution in [0.2, 0.25) is 0 Å². The van der Waals surface area contributed by atoms with Gasteiger partial charge in [0, 0.05) is 49.9 Å². The van der Waals surface area contributed by atoms with E-state index in [2.05, 4.69) is 10.6 Å². The zero-order valence-electron chi connectivity index (χ0n) is 15.2. The number of carbonyl (C=O) groups excluding carboxylic acids is 3. The molecule has 0 aliphatic carbocycles. The number of hydrogen-bond acceptors (Lipinski definition) is 3. The monoisotopic (exact) mass is 358 g/mol. The van der Waals surface area contributed by atoms with E-state index in [1.165, 1.54) is 0 Å². The van der Waals surface area contributed by atoms with Gasteiger partial charge in [0.25, 0.3) is 0 Å². The van der Waals surface area contributed by atoms with Crippen LogP contribution in [0.4, 0.5) is 16.2 Å². The highest BCUT2D eigenvalue weighted by molar-refractivity contribution is 5.95. The van der Waals surface area contributed by atoms with Crippen molar-refractivity contribution in [2.45, 2.75) is 45.1 Å². The fraction of sp³-hybridized carbons (Fsp3) is 0.526. The highest BCUT2D eigenvalue weighted by Gasteiger charge is 2.23. The number of rotatable bonds is 5. The molecule has 1 aromatic carbocycles. The lowest BCUT2D eigenvalue weighted by Gasteiger charge is -2.27. The molecule has 2 saturated heterocycles. The molecule has 26 heavy (non-hydrogen) atoms. The second-order valence-corrected chi connectivity index (χ2v) is 7.00. The third-order valence-electron chi connectivity index (χ3n) is 4.78. The molecule has 0 saturated carbocycles. The van der Waals surface area contributed by atoms with Crippen molar-refractivity contribution in [1.29, 1.82) is 0 Å². The summed E-state index contributed by atoms with van der Waals surface area (Å²) in [4.78, 5) is 39.5. The number of amides is 4. The fourth-order valence-electron chi connectivity index (χ4n) is 3.49. The number of likely N-dealkylation sites (tertiary alicyclic amines) is 1. The first-order valence-electron chi connectivity index (χ1n) is 9.28. The Morgan fingerprint density at radius 2 is 1.92 bits per heavy atom. The average molecular weight is 358 g/mol. The van der Waals surface area contributed by atoms with Gasteiger partial charge < -0.3 is 20.4 Å². The zero-order valence-corrected chi connectivity index (χ0v) is 15.2. The first kappa shape index (κ1) is 18.2. The molecule has 7 nitrogen and oxygen atoms in total. The molecule has 2 aliphatic heterocycles. The first-order valence-corrected chi connectivity index (χ1v) is 9.28. The van der Waals surface area contributed by atoms with Crippen LogP contribution in [-0.2, 0) is 9.59 Å². The minimum absolute atomic E-state index is 0.127. The van der Waals surface area contributed by atoms with E-state index in [4.69, 9.17) is 0 Å². The number of hydrogen-bond donors (Lipinski definition) is 2. The molecule has 0 unspecified atom stereocenters. The van der Waals surface area contributed by atoms with E-state index in [0.717, 1.165) is 38.0 Å². The Morgan fingerprint density at radius 3 is 2.65 bits per heavy atom. The molecule has 2 heterocycles. The van der Waals surface area contributed by atoms with Gasteiger partial charge in [-0.25, -0.2) is 4.79 Å². The summed E-state index contributed by atoms with van der Waals surface area (Å²) in [5.41, 5.74) is 1.45. The number of carbonyl (C=O) groups is 3. The quantitative estimate of drug-likeness (QED) is 0.848. The van der Waals surface area contributed by atoms with Crippen molar-refractivity contribution < 1.29 is 14.4 Å². The number of piperidine rings is 1. The molecule has 1 aromatic rings. The Hall–Kier alpha value is -2.57. The molecule has 2 N–H and O–H groups in total. The van der Waals surface area contributed by atoms with Gasteiger partial charge in [-0.05, 0) is 44.4 Å². The zero-order chi connectivity index (χ0) is 18.5. The molecule has 4 amide bonds. The van der Waals surface area contributed by atoms with Crippen LogP contribution in [0.1, 0.15) is 39.0 Å². The number of nitrogens with zero attached hydrogens (tertiary/aromatic N) is 2. The Bertz CT molecular complexity index is 691. The van der Waals surface area contributed by atoms with Crippen LogP contribution in [0.5, 0.6) is 0 Å². The van der Waals surface area contributed by atoms with Gasteiger partial charge in [-0.15, -0.1) is 0 Å². The van der Waals surface area contributed by atoms with Gasteiger partial charge in [-0.3, -0.25) is 9.59 Å². The van der Waals surface area contributed by atoms with Gasteiger partial charge >= 0.3 is 6.03 Å². The summed E-state index contributed by atoms with van der Waals surface area (Å²) in [5.74, 6) is 0.278. The van der Waals surface area contributed by atoms with Crippen molar-refractivity contribution >= 4 is 29.2 Å². The normalized spacial score (nSPS) is 18.8. The molecule has 140 valence electrons. The number of anilines is 2. The molecule has 0 bridgehead atoms. The van der Waals surface area contributed by atoms with Crippen LogP contribution in [0.3, 0.4) is 0 Å². The van der Waals surface area contributed by atoms with Crippen molar-refractivity contribution in [1.82, 2.24) is 10.2 Å². The Morgan fingerprint density at radius 1 is 1.12 bits per heavy atom. The summed E-state index contributed by atoms with van der Waals surface area (Å²) in [6.07, 6.45) is 4.00.